The molecule has 200 valence electrons. The van der Waals surface area contributed by atoms with Crippen molar-refractivity contribution in [3.05, 3.63) is 59.7 Å². The molecule has 0 bridgehead atoms. The van der Waals surface area contributed by atoms with Gasteiger partial charge in [0.1, 0.15) is 23.7 Å². The van der Waals surface area contributed by atoms with Gasteiger partial charge in [-0.25, -0.2) is 4.79 Å². The minimum absolute atomic E-state index is 0.0000422. The van der Waals surface area contributed by atoms with Gasteiger partial charge in [0.25, 0.3) is 0 Å². The van der Waals surface area contributed by atoms with E-state index in [1.54, 1.807) is 36.4 Å². The average molecular weight is 537 g/mol. The lowest BCUT2D eigenvalue weighted by Crippen LogP contribution is -2.57. The molecule has 1 saturated carbocycles. The van der Waals surface area contributed by atoms with Gasteiger partial charge in [0.15, 0.2) is 19.5 Å². The first-order chi connectivity index (χ1) is 17.8. The van der Waals surface area contributed by atoms with Gasteiger partial charge < -0.3 is 23.4 Å². The van der Waals surface area contributed by atoms with E-state index in [9.17, 15) is 14.4 Å². The van der Waals surface area contributed by atoms with E-state index >= 15 is 0 Å². The maximum Gasteiger partial charge on any atom is 0.343 e. The third-order valence-corrected chi connectivity index (χ3v) is 13.6. The number of ether oxygens (including phenoxy) is 4. The summed E-state index contributed by atoms with van der Waals surface area (Å²) in [5.74, 6) is -0.867. The van der Waals surface area contributed by atoms with Crippen LogP contribution < -0.4 is 9.47 Å². The number of carbonyl (C=O) groups excluding carboxylic acids is 3. The Morgan fingerprint density at radius 2 is 1.71 bits per heavy atom. The first-order valence-corrected chi connectivity index (χ1v) is 15.9. The number of rotatable bonds is 4. The molecule has 2 aromatic carbocycles. The van der Waals surface area contributed by atoms with Crippen molar-refractivity contribution in [3.63, 3.8) is 0 Å². The summed E-state index contributed by atoms with van der Waals surface area (Å²) in [6, 6.07) is 14.0. The molecule has 3 fully saturated rings. The Bertz CT molecular complexity index is 1320. The molecule has 0 amide bonds. The molecule has 0 radical (unpaired) electrons. The Morgan fingerprint density at radius 1 is 1.00 bits per heavy atom. The topological polar surface area (TPSA) is 97.4 Å². The van der Waals surface area contributed by atoms with Crippen molar-refractivity contribution in [3.8, 4) is 11.5 Å². The molecular weight excluding hydrogens is 504 g/mol. The van der Waals surface area contributed by atoms with Crippen LogP contribution in [0.1, 0.15) is 61.9 Å². The van der Waals surface area contributed by atoms with Gasteiger partial charge in [-0.15, -0.1) is 0 Å². The molecule has 0 unspecified atom stereocenters. The first-order valence-electron chi connectivity index (χ1n) is 13.0. The Labute approximate surface area is 222 Å². The summed E-state index contributed by atoms with van der Waals surface area (Å²) in [7, 11) is -2.35. The second-order valence-corrected chi connectivity index (χ2v) is 17.2. The first kappa shape index (κ1) is 25.1. The van der Waals surface area contributed by atoms with E-state index in [0.717, 1.165) is 5.56 Å². The molecule has 3 aliphatic heterocycles. The van der Waals surface area contributed by atoms with Crippen molar-refractivity contribution < 1.29 is 37.8 Å². The molecule has 38 heavy (non-hydrogen) atoms. The molecule has 9 heteroatoms. The Kier molecular flexibility index (Phi) is 5.24. The Morgan fingerprint density at radius 3 is 2.42 bits per heavy atom. The molecule has 6 rings (SSSR count). The normalized spacial score (nSPS) is 31.3. The highest BCUT2D eigenvalue weighted by Gasteiger charge is 2.83. The van der Waals surface area contributed by atoms with E-state index in [4.69, 9.17) is 23.4 Å². The molecule has 2 saturated heterocycles. The number of carbonyl (C=O) groups is 3. The fourth-order valence-electron chi connectivity index (χ4n) is 6.52. The van der Waals surface area contributed by atoms with E-state index < -0.39 is 37.0 Å². The largest absolute Gasteiger partial charge is 0.490 e. The van der Waals surface area contributed by atoms with Crippen molar-refractivity contribution in [1.82, 2.24) is 0 Å². The van der Waals surface area contributed by atoms with Crippen LogP contribution in [0.4, 0.5) is 0 Å². The average Bonchev–Trinajstić information content (AvgIpc) is 3.30. The van der Waals surface area contributed by atoms with Crippen LogP contribution in [0, 0.1) is 0 Å². The van der Waals surface area contributed by atoms with E-state index in [1.165, 1.54) is 0 Å². The minimum atomic E-state index is -2.35. The molecule has 2 aromatic rings. The van der Waals surface area contributed by atoms with Crippen LogP contribution in [-0.4, -0.2) is 49.6 Å². The van der Waals surface area contributed by atoms with Gasteiger partial charge in [0.05, 0.1) is 24.3 Å². The maximum absolute atomic E-state index is 12.7. The second-order valence-electron chi connectivity index (χ2n) is 12.5. The summed E-state index contributed by atoms with van der Waals surface area (Å²) in [5, 5.41) is -0.0857. The smallest absolute Gasteiger partial charge is 0.343 e. The van der Waals surface area contributed by atoms with Gasteiger partial charge in [-0.05, 0) is 36.3 Å². The summed E-state index contributed by atoms with van der Waals surface area (Å²) in [5.41, 5.74) is -1.93. The summed E-state index contributed by atoms with van der Waals surface area (Å²) >= 11 is 0. The summed E-state index contributed by atoms with van der Waals surface area (Å²) in [6.07, 6.45) is 0.287. The second kappa shape index (κ2) is 7.92. The molecule has 4 atom stereocenters. The summed E-state index contributed by atoms with van der Waals surface area (Å²) in [6.45, 7) is 11.1. The van der Waals surface area contributed by atoms with Gasteiger partial charge in [0, 0.05) is 18.1 Å². The van der Waals surface area contributed by atoms with Crippen LogP contribution in [-0.2, 0) is 23.5 Å². The van der Waals surface area contributed by atoms with Crippen LogP contribution >= 0.6 is 0 Å². The summed E-state index contributed by atoms with van der Waals surface area (Å²) < 4.78 is 31.1. The zero-order valence-electron chi connectivity index (χ0n) is 22.3. The molecule has 3 heterocycles. The SMILES string of the molecule is CC(C)(C)[Si](C)(C)O[C@]12COc3cc(OC(=O)c4ccccc4)ccc3[C@H]1[C@]13CC(=O)O[C@]1(CC(=O)O3)C2. The molecular formula is C29H32O8Si. The van der Waals surface area contributed by atoms with Crippen LogP contribution in [0.3, 0.4) is 0 Å². The van der Waals surface area contributed by atoms with Crippen LogP contribution in [0.2, 0.25) is 18.1 Å². The van der Waals surface area contributed by atoms with Gasteiger partial charge in [-0.3, -0.25) is 9.59 Å². The van der Waals surface area contributed by atoms with Gasteiger partial charge >= 0.3 is 17.9 Å². The number of esters is 3. The zero-order valence-corrected chi connectivity index (χ0v) is 23.3. The summed E-state index contributed by atoms with van der Waals surface area (Å²) in [4.78, 5) is 38.0. The highest BCUT2D eigenvalue weighted by Crippen LogP contribution is 2.70. The fourth-order valence-corrected chi connectivity index (χ4v) is 8.09. The third-order valence-electron chi connectivity index (χ3n) is 9.04. The van der Waals surface area contributed by atoms with E-state index in [1.807, 2.05) is 12.1 Å². The van der Waals surface area contributed by atoms with Gasteiger partial charge in [-0.2, -0.15) is 0 Å². The van der Waals surface area contributed by atoms with Crippen molar-refractivity contribution in [1.29, 1.82) is 0 Å². The van der Waals surface area contributed by atoms with Crippen LogP contribution in [0.5, 0.6) is 11.5 Å². The highest BCUT2D eigenvalue weighted by molar-refractivity contribution is 6.74. The van der Waals surface area contributed by atoms with Crippen molar-refractivity contribution in [2.75, 3.05) is 6.61 Å². The molecule has 0 aromatic heterocycles. The molecule has 1 aliphatic carbocycles. The van der Waals surface area contributed by atoms with Crippen molar-refractivity contribution >= 4 is 26.2 Å². The fraction of sp³-hybridized carbons (Fsp3) is 0.483. The Balaban J connectivity index is 1.43. The van der Waals surface area contributed by atoms with E-state index in [0.29, 0.717) is 23.5 Å². The molecule has 8 nitrogen and oxygen atoms in total. The number of hydrogen-bond acceptors (Lipinski definition) is 8. The zero-order chi connectivity index (χ0) is 27.1. The van der Waals surface area contributed by atoms with Gasteiger partial charge in [-0.1, -0.05) is 45.0 Å². The maximum atomic E-state index is 12.7. The minimum Gasteiger partial charge on any atom is -0.490 e. The van der Waals surface area contributed by atoms with Gasteiger partial charge in [0.2, 0.25) is 0 Å². The lowest BCUT2D eigenvalue weighted by molar-refractivity contribution is -0.155. The quantitative estimate of drug-likeness (QED) is 0.309. The standard InChI is InChI=1S/C29H32O8Si/c1-26(2,3)38(4,5)37-27-16-28-14-22(30)36-29(28,15-23(31)35-28)24(27)20-12-11-19(13-21(20)33-17-27)34-25(32)18-9-7-6-8-10-18/h6-13,24H,14-17H2,1-5H3/t24-,27-,28-,29-/m1/s1. The third kappa shape index (κ3) is 3.47. The molecule has 4 aliphatic rings. The van der Waals surface area contributed by atoms with Crippen molar-refractivity contribution in [2.24, 2.45) is 0 Å². The number of benzene rings is 2. The molecule has 0 N–H and O–H groups in total. The number of fused-ring (bicyclic) bond motifs is 3. The monoisotopic (exact) mass is 536 g/mol. The lowest BCUT2D eigenvalue weighted by atomic mass is 9.73. The van der Waals surface area contributed by atoms with E-state index in [-0.39, 0.29) is 36.4 Å². The molecule has 0 spiro atoms. The lowest BCUT2D eigenvalue weighted by Gasteiger charge is -2.50. The predicted molar refractivity (Wildman–Crippen MR) is 139 cm³/mol. The Hall–Kier alpha value is -3.17. The highest BCUT2D eigenvalue weighted by atomic mass is 28.4. The predicted octanol–water partition coefficient (Wildman–Crippen LogP) is 4.92. The van der Waals surface area contributed by atoms with Crippen molar-refractivity contribution in [2.45, 2.75) is 80.9 Å². The number of hydrogen-bond donors (Lipinski definition) is 0. The van der Waals surface area contributed by atoms with Crippen LogP contribution in [0.15, 0.2) is 48.5 Å². The van der Waals surface area contributed by atoms with E-state index in [2.05, 4.69) is 33.9 Å². The van der Waals surface area contributed by atoms with Crippen LogP contribution in [0.25, 0.3) is 0 Å².